The number of para-hydroxylation sites is 1. The summed E-state index contributed by atoms with van der Waals surface area (Å²) in [5, 5.41) is 0.932. The second-order valence-corrected chi connectivity index (χ2v) is 6.82. The number of aromatic nitrogens is 1. The molecule has 3 amide bonds. The molecule has 138 valence electrons. The molecule has 0 aliphatic carbocycles. The van der Waals surface area contributed by atoms with Gasteiger partial charge in [0.2, 0.25) is 5.91 Å². The second-order valence-electron chi connectivity index (χ2n) is 6.82. The number of fused-ring (bicyclic) bond motifs is 1. The van der Waals surface area contributed by atoms with Crippen molar-refractivity contribution in [2.75, 3.05) is 20.2 Å². The van der Waals surface area contributed by atoms with Crippen LogP contribution in [0.2, 0.25) is 0 Å². The van der Waals surface area contributed by atoms with Crippen molar-refractivity contribution in [3.8, 4) is 5.75 Å². The highest BCUT2D eigenvalue weighted by molar-refractivity contribution is 5.87. The maximum Gasteiger partial charge on any atom is 0.321 e. The molecule has 1 unspecified atom stereocenters. The summed E-state index contributed by atoms with van der Waals surface area (Å²) in [5.74, 6) is 0.224. The van der Waals surface area contributed by atoms with Crippen molar-refractivity contribution in [2.45, 2.75) is 26.4 Å². The van der Waals surface area contributed by atoms with Crippen molar-refractivity contribution in [1.29, 1.82) is 0 Å². The van der Waals surface area contributed by atoms with E-state index in [4.69, 9.17) is 10.5 Å². The molecule has 1 aromatic heterocycles. The van der Waals surface area contributed by atoms with Crippen LogP contribution in [-0.4, -0.2) is 53.0 Å². The van der Waals surface area contributed by atoms with Crippen molar-refractivity contribution < 1.29 is 14.3 Å². The van der Waals surface area contributed by atoms with Gasteiger partial charge in [0.15, 0.2) is 0 Å². The van der Waals surface area contributed by atoms with Gasteiger partial charge in [-0.3, -0.25) is 9.78 Å². The monoisotopic (exact) mass is 356 g/mol. The predicted octanol–water partition coefficient (Wildman–Crippen LogP) is 1.99. The SMILES string of the molecule is COc1cc(CN2CCN(C(C(N)=O)C(C)C)C2=O)nc2ccccc12. The summed E-state index contributed by atoms with van der Waals surface area (Å²) in [6, 6.07) is 8.80. The third-order valence-electron chi connectivity index (χ3n) is 4.69. The molecular formula is C19H24N4O3. The average molecular weight is 356 g/mol. The summed E-state index contributed by atoms with van der Waals surface area (Å²) in [4.78, 5) is 32.4. The third-order valence-corrected chi connectivity index (χ3v) is 4.69. The molecule has 2 aromatic rings. The summed E-state index contributed by atoms with van der Waals surface area (Å²) in [6.45, 7) is 5.16. The lowest BCUT2D eigenvalue weighted by atomic mass is 10.0. The van der Waals surface area contributed by atoms with Gasteiger partial charge in [0.05, 0.1) is 24.9 Å². The second kappa shape index (κ2) is 7.19. The molecule has 1 atom stereocenters. The maximum atomic E-state index is 12.8. The fourth-order valence-electron chi connectivity index (χ4n) is 3.49. The number of ether oxygens (including phenoxy) is 1. The number of hydrogen-bond donors (Lipinski definition) is 1. The van der Waals surface area contributed by atoms with Crippen molar-refractivity contribution in [3.63, 3.8) is 0 Å². The Morgan fingerprint density at radius 3 is 2.69 bits per heavy atom. The predicted molar refractivity (Wildman–Crippen MR) is 98.6 cm³/mol. The first kappa shape index (κ1) is 18.0. The quantitative estimate of drug-likeness (QED) is 0.857. The number of nitrogens with two attached hydrogens (primary N) is 1. The Balaban J connectivity index is 1.83. The first-order valence-corrected chi connectivity index (χ1v) is 8.70. The number of methoxy groups -OCH3 is 1. The van der Waals surface area contributed by atoms with Gasteiger partial charge < -0.3 is 20.3 Å². The molecule has 1 aliphatic heterocycles. The van der Waals surface area contributed by atoms with E-state index in [9.17, 15) is 9.59 Å². The Hall–Kier alpha value is -2.83. The summed E-state index contributed by atoms with van der Waals surface area (Å²) in [7, 11) is 1.62. The number of urea groups is 1. The molecule has 26 heavy (non-hydrogen) atoms. The van der Waals surface area contributed by atoms with Gasteiger partial charge >= 0.3 is 6.03 Å². The van der Waals surface area contributed by atoms with Crippen molar-refractivity contribution in [3.05, 3.63) is 36.0 Å². The largest absolute Gasteiger partial charge is 0.496 e. The molecule has 2 heterocycles. The van der Waals surface area contributed by atoms with E-state index in [0.29, 0.717) is 19.6 Å². The molecular weight excluding hydrogens is 332 g/mol. The van der Waals surface area contributed by atoms with Gasteiger partial charge in [-0.05, 0) is 18.1 Å². The molecule has 7 heteroatoms. The number of carbonyl (C=O) groups excluding carboxylic acids is 2. The minimum absolute atomic E-state index is 0.0321. The van der Waals surface area contributed by atoms with Gasteiger partial charge in [0.25, 0.3) is 0 Å². The molecule has 0 saturated carbocycles. The molecule has 3 rings (SSSR count). The number of amides is 3. The van der Waals surface area contributed by atoms with E-state index < -0.39 is 11.9 Å². The fraction of sp³-hybridized carbons (Fsp3) is 0.421. The fourth-order valence-corrected chi connectivity index (χ4v) is 3.49. The minimum Gasteiger partial charge on any atom is -0.496 e. The molecule has 1 aliphatic rings. The van der Waals surface area contributed by atoms with Crippen LogP contribution >= 0.6 is 0 Å². The third kappa shape index (κ3) is 3.29. The van der Waals surface area contributed by atoms with Crippen LogP contribution in [0.5, 0.6) is 5.75 Å². The van der Waals surface area contributed by atoms with E-state index in [2.05, 4.69) is 4.98 Å². The number of primary amides is 1. The van der Waals surface area contributed by atoms with Gasteiger partial charge in [-0.2, -0.15) is 0 Å². The summed E-state index contributed by atoms with van der Waals surface area (Å²) in [6.07, 6.45) is 0. The van der Waals surface area contributed by atoms with Crippen molar-refractivity contribution in [1.82, 2.24) is 14.8 Å². The molecule has 7 nitrogen and oxygen atoms in total. The van der Waals surface area contributed by atoms with Crippen LogP contribution in [0.1, 0.15) is 19.5 Å². The van der Waals surface area contributed by atoms with Gasteiger partial charge in [-0.15, -0.1) is 0 Å². The number of pyridine rings is 1. The normalized spacial score (nSPS) is 15.8. The number of nitrogens with zero attached hydrogens (tertiary/aromatic N) is 3. The number of benzene rings is 1. The number of carbonyl (C=O) groups is 2. The Bertz CT molecular complexity index is 837. The number of rotatable bonds is 6. The summed E-state index contributed by atoms with van der Waals surface area (Å²) < 4.78 is 5.47. The van der Waals surface area contributed by atoms with E-state index >= 15 is 0 Å². The Morgan fingerprint density at radius 2 is 2.04 bits per heavy atom. The molecule has 0 radical (unpaired) electrons. The van der Waals surface area contributed by atoms with Crippen molar-refractivity contribution >= 4 is 22.8 Å². The number of hydrogen-bond acceptors (Lipinski definition) is 4. The van der Waals surface area contributed by atoms with E-state index in [1.807, 2.05) is 44.2 Å². The lowest BCUT2D eigenvalue weighted by molar-refractivity contribution is -0.123. The standard InChI is InChI=1S/C19H24N4O3/c1-12(2)17(18(20)24)23-9-8-22(19(23)25)11-13-10-16(26-3)14-6-4-5-7-15(14)21-13/h4-7,10,12,17H,8-9,11H2,1-3H3,(H2,20,24). The molecule has 1 aromatic carbocycles. The van der Waals surface area contributed by atoms with Gasteiger partial charge in [0, 0.05) is 24.5 Å². The van der Waals surface area contributed by atoms with E-state index in [1.54, 1.807) is 16.9 Å². The van der Waals surface area contributed by atoms with Crippen LogP contribution < -0.4 is 10.5 Å². The lowest BCUT2D eigenvalue weighted by Gasteiger charge is -2.28. The summed E-state index contributed by atoms with van der Waals surface area (Å²) in [5.41, 5.74) is 7.07. The van der Waals surface area contributed by atoms with Crippen LogP contribution in [0, 0.1) is 5.92 Å². The Labute approximate surface area is 152 Å². The zero-order valence-corrected chi connectivity index (χ0v) is 15.3. The van der Waals surface area contributed by atoms with E-state index in [-0.39, 0.29) is 11.9 Å². The van der Waals surface area contributed by atoms with Gasteiger partial charge in [0.1, 0.15) is 11.8 Å². The first-order chi connectivity index (χ1) is 12.4. The van der Waals surface area contributed by atoms with Crippen LogP contribution in [0.4, 0.5) is 4.79 Å². The zero-order valence-electron chi connectivity index (χ0n) is 15.3. The summed E-state index contributed by atoms with van der Waals surface area (Å²) >= 11 is 0. The highest BCUT2D eigenvalue weighted by atomic mass is 16.5. The molecule has 0 bridgehead atoms. The van der Waals surface area contributed by atoms with E-state index in [1.165, 1.54) is 0 Å². The van der Waals surface area contributed by atoms with Crippen LogP contribution in [0.15, 0.2) is 30.3 Å². The molecule has 1 saturated heterocycles. The highest BCUT2D eigenvalue weighted by Gasteiger charge is 2.38. The molecule has 2 N–H and O–H groups in total. The average Bonchev–Trinajstić information content (AvgIpc) is 2.94. The Kier molecular flexibility index (Phi) is 4.97. The maximum absolute atomic E-state index is 12.8. The Morgan fingerprint density at radius 1 is 1.31 bits per heavy atom. The van der Waals surface area contributed by atoms with Crippen LogP contribution in [-0.2, 0) is 11.3 Å². The van der Waals surface area contributed by atoms with Crippen LogP contribution in [0.25, 0.3) is 10.9 Å². The van der Waals surface area contributed by atoms with E-state index in [0.717, 1.165) is 22.3 Å². The minimum atomic E-state index is -0.591. The molecule has 1 fully saturated rings. The first-order valence-electron chi connectivity index (χ1n) is 8.70. The van der Waals surface area contributed by atoms with Gasteiger partial charge in [-0.1, -0.05) is 26.0 Å². The van der Waals surface area contributed by atoms with Gasteiger partial charge in [-0.25, -0.2) is 4.79 Å². The van der Waals surface area contributed by atoms with Crippen LogP contribution in [0.3, 0.4) is 0 Å². The smallest absolute Gasteiger partial charge is 0.321 e. The lowest BCUT2D eigenvalue weighted by Crippen LogP contribution is -2.49. The topological polar surface area (TPSA) is 88.8 Å². The highest BCUT2D eigenvalue weighted by Crippen LogP contribution is 2.26. The van der Waals surface area contributed by atoms with Crippen molar-refractivity contribution in [2.24, 2.45) is 11.7 Å². The molecule has 0 spiro atoms. The zero-order chi connectivity index (χ0) is 18.8.